The number of piperidine rings is 1. The van der Waals surface area contributed by atoms with Gasteiger partial charge in [-0.2, -0.15) is 0 Å². The quantitative estimate of drug-likeness (QED) is 0.875. The number of anilines is 1. The van der Waals surface area contributed by atoms with E-state index in [1.54, 1.807) is 0 Å². The van der Waals surface area contributed by atoms with Crippen LogP contribution in [0.2, 0.25) is 0 Å². The minimum absolute atomic E-state index is 0.0635. The Morgan fingerprint density at radius 3 is 3.00 bits per heavy atom. The lowest BCUT2D eigenvalue weighted by atomic mass is 9.98. The predicted octanol–water partition coefficient (Wildman–Crippen LogP) is 2.42. The first-order chi connectivity index (χ1) is 10.1. The van der Waals surface area contributed by atoms with Crippen LogP contribution in [0.1, 0.15) is 38.2 Å². The van der Waals surface area contributed by atoms with Gasteiger partial charge in [0.05, 0.1) is 6.54 Å². The van der Waals surface area contributed by atoms with E-state index in [1.165, 1.54) is 12.0 Å². The molecule has 0 saturated carbocycles. The van der Waals surface area contributed by atoms with Crippen LogP contribution < -0.4 is 11.1 Å². The number of carbonyl (C=O) groups is 1. The molecule has 0 aliphatic carbocycles. The van der Waals surface area contributed by atoms with Gasteiger partial charge in [0.1, 0.15) is 0 Å². The molecule has 0 radical (unpaired) electrons. The molecule has 1 amide bonds. The molecule has 0 spiro atoms. The third-order valence-electron chi connectivity index (χ3n) is 4.14. The molecule has 3 N–H and O–H groups in total. The van der Waals surface area contributed by atoms with Crippen molar-refractivity contribution in [2.24, 2.45) is 11.7 Å². The van der Waals surface area contributed by atoms with Crippen molar-refractivity contribution in [1.82, 2.24) is 4.90 Å². The van der Waals surface area contributed by atoms with Crippen molar-refractivity contribution in [2.45, 2.75) is 32.6 Å². The van der Waals surface area contributed by atoms with Crippen LogP contribution in [0, 0.1) is 5.92 Å². The number of nitrogens with one attached hydrogen (secondary N) is 1. The highest BCUT2D eigenvalue weighted by Crippen LogP contribution is 2.19. The molecule has 4 heteroatoms. The van der Waals surface area contributed by atoms with Gasteiger partial charge < -0.3 is 11.1 Å². The van der Waals surface area contributed by atoms with Gasteiger partial charge in [0.15, 0.2) is 0 Å². The summed E-state index contributed by atoms with van der Waals surface area (Å²) in [5.74, 6) is 1.07. The van der Waals surface area contributed by atoms with Crippen LogP contribution in [-0.4, -0.2) is 37.0 Å². The van der Waals surface area contributed by atoms with Crippen molar-refractivity contribution >= 4 is 11.6 Å². The average Bonchev–Trinajstić information content (AvgIpc) is 2.47. The lowest BCUT2D eigenvalue weighted by Gasteiger charge is -2.31. The summed E-state index contributed by atoms with van der Waals surface area (Å²) in [6.45, 7) is 7.42. The van der Waals surface area contributed by atoms with E-state index in [0.717, 1.165) is 25.2 Å². The number of rotatable bonds is 5. The summed E-state index contributed by atoms with van der Waals surface area (Å²) in [4.78, 5) is 14.4. The van der Waals surface area contributed by atoms with E-state index in [0.29, 0.717) is 24.9 Å². The summed E-state index contributed by atoms with van der Waals surface area (Å²) in [6, 6.07) is 8.09. The minimum atomic E-state index is 0.0635. The number of carbonyl (C=O) groups excluding carboxylic acids is 1. The van der Waals surface area contributed by atoms with E-state index in [4.69, 9.17) is 5.73 Å². The third-order valence-corrected chi connectivity index (χ3v) is 4.14. The Morgan fingerprint density at radius 2 is 2.29 bits per heavy atom. The van der Waals surface area contributed by atoms with E-state index >= 15 is 0 Å². The van der Waals surface area contributed by atoms with Crippen molar-refractivity contribution < 1.29 is 4.79 Å². The maximum atomic E-state index is 12.2. The Labute approximate surface area is 127 Å². The molecule has 4 nitrogen and oxygen atoms in total. The maximum Gasteiger partial charge on any atom is 0.238 e. The molecular formula is C17H27N3O. The molecule has 1 saturated heterocycles. The van der Waals surface area contributed by atoms with Crippen molar-refractivity contribution in [3.05, 3.63) is 29.8 Å². The summed E-state index contributed by atoms with van der Waals surface area (Å²) in [7, 11) is 0. The van der Waals surface area contributed by atoms with Gasteiger partial charge in [-0.25, -0.2) is 0 Å². The first-order valence-electron chi connectivity index (χ1n) is 7.90. The van der Waals surface area contributed by atoms with Gasteiger partial charge in [0.25, 0.3) is 0 Å². The molecule has 1 atom stereocenters. The van der Waals surface area contributed by atoms with Gasteiger partial charge in [-0.1, -0.05) is 26.0 Å². The highest BCUT2D eigenvalue weighted by atomic mass is 16.2. The zero-order chi connectivity index (χ0) is 15.2. The monoisotopic (exact) mass is 289 g/mol. The van der Waals surface area contributed by atoms with Crippen LogP contribution in [0.25, 0.3) is 0 Å². The Kier molecular flexibility index (Phi) is 5.76. The van der Waals surface area contributed by atoms with E-state index < -0.39 is 0 Å². The maximum absolute atomic E-state index is 12.2. The highest BCUT2D eigenvalue weighted by Gasteiger charge is 2.20. The average molecular weight is 289 g/mol. The van der Waals surface area contributed by atoms with E-state index in [-0.39, 0.29) is 5.91 Å². The zero-order valence-electron chi connectivity index (χ0n) is 13.1. The Hall–Kier alpha value is -1.39. The van der Waals surface area contributed by atoms with Crippen LogP contribution in [0.5, 0.6) is 0 Å². The predicted molar refractivity (Wildman–Crippen MR) is 87.4 cm³/mol. The summed E-state index contributed by atoms with van der Waals surface area (Å²) in [5, 5.41) is 3.01. The second kappa shape index (κ2) is 7.57. The number of nitrogens with zero attached hydrogens (tertiary/aromatic N) is 1. The van der Waals surface area contributed by atoms with E-state index in [1.807, 2.05) is 12.1 Å². The fourth-order valence-corrected chi connectivity index (χ4v) is 2.87. The number of hydrogen-bond acceptors (Lipinski definition) is 3. The smallest absolute Gasteiger partial charge is 0.238 e. The summed E-state index contributed by atoms with van der Waals surface area (Å²) in [6.07, 6.45) is 2.32. The minimum Gasteiger partial charge on any atom is -0.330 e. The van der Waals surface area contributed by atoms with Gasteiger partial charge in [0, 0.05) is 12.2 Å². The molecule has 1 aliphatic heterocycles. The molecule has 2 rings (SSSR count). The Balaban J connectivity index is 1.88. The van der Waals surface area contributed by atoms with Crippen molar-refractivity contribution in [3.63, 3.8) is 0 Å². The number of hydrogen-bond donors (Lipinski definition) is 2. The van der Waals surface area contributed by atoms with Crippen LogP contribution in [0.3, 0.4) is 0 Å². The molecule has 1 aromatic rings. The molecular weight excluding hydrogens is 262 g/mol. The van der Waals surface area contributed by atoms with Crippen molar-refractivity contribution in [2.75, 3.05) is 31.5 Å². The number of nitrogens with two attached hydrogens (primary N) is 1. The summed E-state index contributed by atoms with van der Waals surface area (Å²) >= 11 is 0. The van der Waals surface area contributed by atoms with Gasteiger partial charge in [-0.15, -0.1) is 0 Å². The number of benzene rings is 1. The largest absolute Gasteiger partial charge is 0.330 e. The number of likely N-dealkylation sites (tertiary alicyclic amines) is 1. The molecule has 0 bridgehead atoms. The second-order valence-electron chi connectivity index (χ2n) is 6.31. The van der Waals surface area contributed by atoms with Gasteiger partial charge >= 0.3 is 0 Å². The first kappa shape index (κ1) is 16.0. The molecule has 21 heavy (non-hydrogen) atoms. The van der Waals surface area contributed by atoms with E-state index in [9.17, 15) is 4.79 Å². The SMILES string of the molecule is CC(C)c1cccc(NC(=O)CN2CCCC(CN)C2)c1. The molecule has 1 heterocycles. The third kappa shape index (κ3) is 4.83. The summed E-state index contributed by atoms with van der Waals surface area (Å²) < 4.78 is 0. The molecule has 116 valence electrons. The van der Waals surface area contributed by atoms with Gasteiger partial charge in [-0.05, 0) is 55.5 Å². The molecule has 1 fully saturated rings. The van der Waals surface area contributed by atoms with Crippen LogP contribution in [0.15, 0.2) is 24.3 Å². The normalized spacial score (nSPS) is 19.7. The van der Waals surface area contributed by atoms with Crippen molar-refractivity contribution in [1.29, 1.82) is 0 Å². The van der Waals surface area contributed by atoms with Crippen LogP contribution >= 0.6 is 0 Å². The fraction of sp³-hybridized carbons (Fsp3) is 0.588. The second-order valence-corrected chi connectivity index (χ2v) is 6.31. The molecule has 1 unspecified atom stereocenters. The van der Waals surface area contributed by atoms with Crippen LogP contribution in [-0.2, 0) is 4.79 Å². The van der Waals surface area contributed by atoms with Crippen molar-refractivity contribution in [3.8, 4) is 0 Å². The first-order valence-corrected chi connectivity index (χ1v) is 7.90. The highest BCUT2D eigenvalue weighted by molar-refractivity contribution is 5.92. The molecule has 0 aromatic heterocycles. The van der Waals surface area contributed by atoms with Gasteiger partial charge in [0.2, 0.25) is 5.91 Å². The molecule has 1 aromatic carbocycles. The Bertz CT molecular complexity index is 473. The summed E-state index contributed by atoms with van der Waals surface area (Å²) in [5.41, 5.74) is 7.87. The lowest BCUT2D eigenvalue weighted by molar-refractivity contribution is -0.117. The topological polar surface area (TPSA) is 58.4 Å². The lowest BCUT2D eigenvalue weighted by Crippen LogP contribution is -2.42. The van der Waals surface area contributed by atoms with Gasteiger partial charge in [-0.3, -0.25) is 9.69 Å². The number of amides is 1. The zero-order valence-corrected chi connectivity index (χ0v) is 13.1. The van der Waals surface area contributed by atoms with E-state index in [2.05, 4.69) is 36.2 Å². The van der Waals surface area contributed by atoms with Crippen LogP contribution in [0.4, 0.5) is 5.69 Å². The fourth-order valence-electron chi connectivity index (χ4n) is 2.87. The standard InChI is InChI=1S/C17H27N3O/c1-13(2)15-6-3-7-16(9-15)19-17(21)12-20-8-4-5-14(10-18)11-20/h3,6-7,9,13-14H,4-5,8,10-12,18H2,1-2H3,(H,19,21). The molecule has 1 aliphatic rings. The Morgan fingerprint density at radius 1 is 1.48 bits per heavy atom.